The Bertz CT molecular complexity index is 361. The average molecular weight is 250 g/mol. The molecule has 0 amide bonds. The van der Waals surface area contributed by atoms with E-state index in [0.29, 0.717) is 0 Å². The smallest absolute Gasteiger partial charge is 0.119 e. The van der Waals surface area contributed by atoms with E-state index in [1.165, 1.54) is 5.56 Å². The van der Waals surface area contributed by atoms with Crippen LogP contribution < -0.4 is 10.1 Å². The van der Waals surface area contributed by atoms with Crippen molar-refractivity contribution in [2.75, 3.05) is 34.3 Å². The van der Waals surface area contributed by atoms with Crippen LogP contribution in [-0.2, 0) is 6.54 Å². The van der Waals surface area contributed by atoms with E-state index < -0.39 is 0 Å². The zero-order valence-corrected chi connectivity index (χ0v) is 12.3. The summed E-state index contributed by atoms with van der Waals surface area (Å²) in [7, 11) is 5.93. The molecule has 0 radical (unpaired) electrons. The van der Waals surface area contributed by atoms with E-state index in [0.717, 1.165) is 25.4 Å². The van der Waals surface area contributed by atoms with Crippen LogP contribution in [-0.4, -0.2) is 39.2 Å². The van der Waals surface area contributed by atoms with E-state index in [1.54, 1.807) is 7.11 Å². The number of methoxy groups -OCH3 is 1. The summed E-state index contributed by atoms with van der Waals surface area (Å²) >= 11 is 0. The summed E-state index contributed by atoms with van der Waals surface area (Å²) in [6.07, 6.45) is 0. The lowest BCUT2D eigenvalue weighted by Gasteiger charge is -2.28. The van der Waals surface area contributed by atoms with Gasteiger partial charge in [0, 0.05) is 19.6 Å². The average Bonchev–Trinajstić information content (AvgIpc) is 2.27. The van der Waals surface area contributed by atoms with Gasteiger partial charge in [-0.25, -0.2) is 0 Å². The summed E-state index contributed by atoms with van der Waals surface area (Å²) < 4.78 is 5.22. The van der Waals surface area contributed by atoms with Crippen LogP contribution in [0.1, 0.15) is 19.4 Å². The molecule has 0 aliphatic heterocycles. The van der Waals surface area contributed by atoms with Crippen molar-refractivity contribution >= 4 is 0 Å². The molecule has 0 atom stereocenters. The molecule has 0 fully saturated rings. The Hall–Kier alpha value is -1.06. The molecular formula is C15H26N2O. The standard InChI is InChI=1S/C15H26N2O/c1-15(2,12-17(3)4)11-16-10-13-7-6-8-14(9-13)18-5/h6-9,16H,10-12H2,1-5H3. The molecule has 0 aromatic heterocycles. The van der Waals surface area contributed by atoms with Crippen LogP contribution >= 0.6 is 0 Å². The second-order valence-corrected chi connectivity index (χ2v) is 5.86. The molecule has 0 aliphatic rings. The molecule has 0 bridgehead atoms. The van der Waals surface area contributed by atoms with Crippen molar-refractivity contribution in [1.82, 2.24) is 10.2 Å². The summed E-state index contributed by atoms with van der Waals surface area (Å²) in [4.78, 5) is 2.23. The van der Waals surface area contributed by atoms with E-state index in [-0.39, 0.29) is 5.41 Å². The van der Waals surface area contributed by atoms with Crippen molar-refractivity contribution in [2.24, 2.45) is 5.41 Å². The molecule has 1 rings (SSSR count). The molecule has 0 heterocycles. The van der Waals surface area contributed by atoms with Crippen molar-refractivity contribution in [3.8, 4) is 5.75 Å². The molecule has 1 aromatic carbocycles. The SMILES string of the molecule is COc1cccc(CNCC(C)(C)CN(C)C)c1. The summed E-state index contributed by atoms with van der Waals surface area (Å²) in [6.45, 7) is 7.53. The van der Waals surface area contributed by atoms with Crippen LogP contribution in [0.5, 0.6) is 5.75 Å². The maximum absolute atomic E-state index is 5.22. The monoisotopic (exact) mass is 250 g/mol. The van der Waals surface area contributed by atoms with Crippen LogP contribution in [0, 0.1) is 5.41 Å². The minimum atomic E-state index is 0.280. The zero-order chi connectivity index (χ0) is 13.6. The van der Waals surface area contributed by atoms with Crippen LogP contribution in [0.2, 0.25) is 0 Å². The van der Waals surface area contributed by atoms with Crippen LogP contribution in [0.4, 0.5) is 0 Å². The number of ether oxygens (including phenoxy) is 1. The van der Waals surface area contributed by atoms with Crippen LogP contribution in [0.25, 0.3) is 0 Å². The van der Waals surface area contributed by atoms with E-state index in [9.17, 15) is 0 Å². The van der Waals surface area contributed by atoms with E-state index >= 15 is 0 Å². The first-order chi connectivity index (χ1) is 8.43. The van der Waals surface area contributed by atoms with Crippen LogP contribution in [0.3, 0.4) is 0 Å². The minimum Gasteiger partial charge on any atom is -0.497 e. The lowest BCUT2D eigenvalue weighted by molar-refractivity contribution is 0.232. The predicted octanol–water partition coefficient (Wildman–Crippen LogP) is 2.37. The van der Waals surface area contributed by atoms with Crippen LogP contribution in [0.15, 0.2) is 24.3 Å². The van der Waals surface area contributed by atoms with Gasteiger partial charge in [0.15, 0.2) is 0 Å². The van der Waals surface area contributed by atoms with Gasteiger partial charge in [0.05, 0.1) is 7.11 Å². The molecule has 18 heavy (non-hydrogen) atoms. The van der Waals surface area contributed by atoms with Gasteiger partial charge >= 0.3 is 0 Å². The summed E-state index contributed by atoms with van der Waals surface area (Å²) in [5, 5.41) is 3.52. The highest BCUT2D eigenvalue weighted by atomic mass is 16.5. The molecular weight excluding hydrogens is 224 g/mol. The third-order valence-electron chi connectivity index (χ3n) is 2.81. The van der Waals surface area contributed by atoms with Gasteiger partial charge in [0.25, 0.3) is 0 Å². The molecule has 0 saturated heterocycles. The van der Waals surface area contributed by atoms with Crippen molar-refractivity contribution in [1.29, 1.82) is 0 Å². The van der Waals surface area contributed by atoms with Gasteiger partial charge in [-0.3, -0.25) is 0 Å². The summed E-state index contributed by atoms with van der Waals surface area (Å²) in [5.41, 5.74) is 1.54. The fraction of sp³-hybridized carbons (Fsp3) is 0.600. The number of hydrogen-bond acceptors (Lipinski definition) is 3. The molecule has 0 unspecified atom stereocenters. The molecule has 0 spiro atoms. The molecule has 3 heteroatoms. The minimum absolute atomic E-state index is 0.280. The second-order valence-electron chi connectivity index (χ2n) is 5.86. The maximum Gasteiger partial charge on any atom is 0.119 e. The summed E-state index contributed by atoms with van der Waals surface area (Å²) in [6, 6.07) is 8.20. The first-order valence-corrected chi connectivity index (χ1v) is 6.41. The zero-order valence-electron chi connectivity index (χ0n) is 12.3. The Labute approximate surface area is 111 Å². The molecule has 0 aliphatic carbocycles. The van der Waals surface area contributed by atoms with Gasteiger partial charge < -0.3 is 15.0 Å². The Morgan fingerprint density at radius 3 is 2.61 bits per heavy atom. The van der Waals surface area contributed by atoms with Crippen molar-refractivity contribution in [2.45, 2.75) is 20.4 Å². The third-order valence-corrected chi connectivity index (χ3v) is 2.81. The van der Waals surface area contributed by atoms with Crippen molar-refractivity contribution < 1.29 is 4.74 Å². The fourth-order valence-corrected chi connectivity index (χ4v) is 2.24. The topological polar surface area (TPSA) is 24.5 Å². The molecule has 3 nitrogen and oxygen atoms in total. The predicted molar refractivity (Wildman–Crippen MR) is 77.0 cm³/mol. The number of hydrogen-bond donors (Lipinski definition) is 1. The number of benzene rings is 1. The highest BCUT2D eigenvalue weighted by Gasteiger charge is 2.17. The van der Waals surface area contributed by atoms with Gasteiger partial charge in [-0.15, -0.1) is 0 Å². The first kappa shape index (κ1) is 15.0. The number of nitrogens with zero attached hydrogens (tertiary/aromatic N) is 1. The van der Waals surface area contributed by atoms with Gasteiger partial charge in [-0.2, -0.15) is 0 Å². The van der Waals surface area contributed by atoms with Gasteiger partial charge in [0.1, 0.15) is 5.75 Å². The molecule has 102 valence electrons. The molecule has 1 N–H and O–H groups in total. The van der Waals surface area contributed by atoms with Crippen molar-refractivity contribution in [3.63, 3.8) is 0 Å². The Morgan fingerprint density at radius 1 is 1.28 bits per heavy atom. The van der Waals surface area contributed by atoms with E-state index in [4.69, 9.17) is 4.74 Å². The van der Waals surface area contributed by atoms with E-state index in [2.05, 4.69) is 50.3 Å². The lowest BCUT2D eigenvalue weighted by Crippen LogP contribution is -2.37. The van der Waals surface area contributed by atoms with Gasteiger partial charge in [-0.1, -0.05) is 26.0 Å². The van der Waals surface area contributed by atoms with Crippen molar-refractivity contribution in [3.05, 3.63) is 29.8 Å². The maximum atomic E-state index is 5.22. The number of rotatable bonds is 7. The quantitative estimate of drug-likeness (QED) is 0.804. The lowest BCUT2D eigenvalue weighted by atomic mass is 9.93. The molecule has 0 saturated carbocycles. The highest BCUT2D eigenvalue weighted by molar-refractivity contribution is 5.28. The normalized spacial score (nSPS) is 11.9. The second kappa shape index (κ2) is 6.76. The Balaban J connectivity index is 2.41. The largest absolute Gasteiger partial charge is 0.497 e. The highest BCUT2D eigenvalue weighted by Crippen LogP contribution is 2.15. The van der Waals surface area contributed by atoms with Gasteiger partial charge in [-0.05, 0) is 37.2 Å². The third kappa shape index (κ3) is 5.52. The van der Waals surface area contributed by atoms with Gasteiger partial charge in [0.2, 0.25) is 0 Å². The molecule has 1 aromatic rings. The fourth-order valence-electron chi connectivity index (χ4n) is 2.24. The first-order valence-electron chi connectivity index (χ1n) is 6.41. The Kier molecular flexibility index (Phi) is 5.63. The Morgan fingerprint density at radius 2 is 2.00 bits per heavy atom. The summed E-state index contributed by atoms with van der Waals surface area (Å²) in [5.74, 6) is 0.918. The van der Waals surface area contributed by atoms with E-state index in [1.807, 2.05) is 12.1 Å². The number of nitrogens with one attached hydrogen (secondary N) is 1.